The highest BCUT2D eigenvalue weighted by molar-refractivity contribution is 5.62. The molecule has 5 N–H and O–H groups in total. The summed E-state index contributed by atoms with van der Waals surface area (Å²) in [5, 5.41) is 7.42. The van der Waals surface area contributed by atoms with Crippen LogP contribution < -0.4 is 11.5 Å². The highest BCUT2D eigenvalue weighted by Crippen LogP contribution is 1.88. The molecular formula is C8H18N2O2. The van der Waals surface area contributed by atoms with E-state index in [-0.39, 0.29) is 6.04 Å². The van der Waals surface area contributed by atoms with Gasteiger partial charge < -0.3 is 16.6 Å². The molecular weight excluding hydrogens is 156 g/mol. The molecule has 0 aliphatic carbocycles. The van der Waals surface area contributed by atoms with Gasteiger partial charge in [-0.15, -0.1) is 0 Å². The average molecular weight is 174 g/mol. The van der Waals surface area contributed by atoms with Crippen LogP contribution in [-0.4, -0.2) is 23.7 Å². The van der Waals surface area contributed by atoms with Gasteiger partial charge in [-0.1, -0.05) is 11.6 Å². The Morgan fingerprint density at radius 2 is 1.83 bits per heavy atom. The standard InChI is InChI=1S/C6H14N2.C2H4O2/c1-5(2)3-6(8)4-7;1-2(3)4/h3,6H,4,7-8H2,1-2H3;1H3,(H,3,4). The SMILES string of the molecule is CC(=O)O.CC(C)=CC(N)CN. The van der Waals surface area contributed by atoms with E-state index in [2.05, 4.69) is 0 Å². The van der Waals surface area contributed by atoms with E-state index in [0.29, 0.717) is 6.54 Å². The third-order valence-corrected chi connectivity index (χ3v) is 0.820. The van der Waals surface area contributed by atoms with E-state index in [9.17, 15) is 0 Å². The van der Waals surface area contributed by atoms with Gasteiger partial charge in [-0.3, -0.25) is 4.79 Å². The smallest absolute Gasteiger partial charge is 0.300 e. The van der Waals surface area contributed by atoms with Crippen molar-refractivity contribution < 1.29 is 9.90 Å². The van der Waals surface area contributed by atoms with Gasteiger partial charge in [-0.05, 0) is 13.8 Å². The van der Waals surface area contributed by atoms with E-state index in [1.54, 1.807) is 0 Å². The normalized spacial score (nSPS) is 10.8. The molecule has 0 heterocycles. The maximum Gasteiger partial charge on any atom is 0.300 e. The molecule has 0 spiro atoms. The van der Waals surface area contributed by atoms with Crippen LogP contribution >= 0.6 is 0 Å². The van der Waals surface area contributed by atoms with Crippen molar-refractivity contribution in [2.45, 2.75) is 26.8 Å². The van der Waals surface area contributed by atoms with Gasteiger partial charge in [0.2, 0.25) is 0 Å². The second-order valence-electron chi connectivity index (χ2n) is 2.66. The van der Waals surface area contributed by atoms with Crippen LogP contribution in [0.3, 0.4) is 0 Å². The number of carboxylic acid groups (broad SMARTS) is 1. The number of rotatable bonds is 2. The van der Waals surface area contributed by atoms with Gasteiger partial charge in [0.05, 0.1) is 0 Å². The van der Waals surface area contributed by atoms with Crippen molar-refractivity contribution in [3.05, 3.63) is 11.6 Å². The van der Waals surface area contributed by atoms with Crippen LogP contribution in [0.25, 0.3) is 0 Å². The molecule has 0 aromatic heterocycles. The first-order chi connectivity index (χ1) is 5.40. The molecule has 0 aliphatic heterocycles. The molecule has 1 unspecified atom stereocenters. The van der Waals surface area contributed by atoms with E-state index in [1.165, 1.54) is 5.57 Å². The van der Waals surface area contributed by atoms with Crippen molar-refractivity contribution >= 4 is 5.97 Å². The zero-order valence-corrected chi connectivity index (χ0v) is 7.87. The Morgan fingerprint density at radius 3 is 1.92 bits per heavy atom. The van der Waals surface area contributed by atoms with Gasteiger partial charge in [-0.2, -0.15) is 0 Å². The summed E-state index contributed by atoms with van der Waals surface area (Å²) in [5.74, 6) is -0.833. The number of carbonyl (C=O) groups is 1. The van der Waals surface area contributed by atoms with E-state index in [0.717, 1.165) is 6.92 Å². The number of hydrogen-bond donors (Lipinski definition) is 3. The van der Waals surface area contributed by atoms with Crippen molar-refractivity contribution in [3.63, 3.8) is 0 Å². The topological polar surface area (TPSA) is 89.3 Å². The first-order valence-electron chi connectivity index (χ1n) is 3.70. The summed E-state index contributed by atoms with van der Waals surface area (Å²) in [6.45, 7) is 5.64. The quantitative estimate of drug-likeness (QED) is 0.526. The lowest BCUT2D eigenvalue weighted by atomic mass is 10.2. The van der Waals surface area contributed by atoms with Gasteiger partial charge >= 0.3 is 0 Å². The van der Waals surface area contributed by atoms with Gasteiger partial charge in [0, 0.05) is 19.5 Å². The van der Waals surface area contributed by atoms with Crippen LogP contribution in [-0.2, 0) is 4.79 Å². The summed E-state index contributed by atoms with van der Waals surface area (Å²) in [7, 11) is 0. The Labute approximate surface area is 73.2 Å². The highest BCUT2D eigenvalue weighted by atomic mass is 16.4. The molecule has 4 nitrogen and oxygen atoms in total. The molecule has 0 rings (SSSR count). The Bertz CT molecular complexity index is 147. The number of nitrogens with two attached hydrogens (primary N) is 2. The largest absolute Gasteiger partial charge is 0.481 e. The molecule has 0 aromatic rings. The molecule has 0 saturated carbocycles. The van der Waals surface area contributed by atoms with E-state index >= 15 is 0 Å². The third kappa shape index (κ3) is 22.9. The predicted octanol–water partition coefficient (Wildman–Crippen LogP) is 0.330. The average Bonchev–Trinajstić information content (AvgIpc) is 1.84. The second kappa shape index (κ2) is 8.23. The molecule has 0 saturated heterocycles. The minimum Gasteiger partial charge on any atom is -0.481 e. The first kappa shape index (κ1) is 13.7. The molecule has 72 valence electrons. The summed E-state index contributed by atoms with van der Waals surface area (Å²) in [6.07, 6.45) is 1.96. The van der Waals surface area contributed by atoms with Crippen molar-refractivity contribution in [1.82, 2.24) is 0 Å². The molecule has 0 radical (unpaired) electrons. The maximum atomic E-state index is 9.00. The molecule has 0 bridgehead atoms. The monoisotopic (exact) mass is 174 g/mol. The fourth-order valence-electron chi connectivity index (χ4n) is 0.496. The van der Waals surface area contributed by atoms with Crippen LogP contribution in [0.5, 0.6) is 0 Å². The van der Waals surface area contributed by atoms with Gasteiger partial charge in [-0.25, -0.2) is 0 Å². The molecule has 0 fully saturated rings. The Hall–Kier alpha value is -0.870. The maximum absolute atomic E-state index is 9.00. The molecule has 4 heteroatoms. The van der Waals surface area contributed by atoms with Crippen molar-refractivity contribution in [3.8, 4) is 0 Å². The third-order valence-electron chi connectivity index (χ3n) is 0.820. The number of allylic oxidation sites excluding steroid dienone is 1. The minimum absolute atomic E-state index is 0.0417. The second-order valence-corrected chi connectivity index (χ2v) is 2.66. The highest BCUT2D eigenvalue weighted by Gasteiger charge is 1.89. The summed E-state index contributed by atoms with van der Waals surface area (Å²) >= 11 is 0. The van der Waals surface area contributed by atoms with Crippen LogP contribution in [0.1, 0.15) is 20.8 Å². The van der Waals surface area contributed by atoms with Crippen LogP contribution in [0, 0.1) is 0 Å². The van der Waals surface area contributed by atoms with E-state index in [1.807, 2.05) is 19.9 Å². The lowest BCUT2D eigenvalue weighted by Gasteiger charge is -2.00. The lowest BCUT2D eigenvalue weighted by molar-refractivity contribution is -0.134. The van der Waals surface area contributed by atoms with E-state index in [4.69, 9.17) is 21.4 Å². The van der Waals surface area contributed by atoms with Crippen LogP contribution in [0.2, 0.25) is 0 Å². The zero-order chi connectivity index (χ0) is 10.1. The Kier molecular flexibility index (Phi) is 9.40. The van der Waals surface area contributed by atoms with Crippen molar-refractivity contribution in [1.29, 1.82) is 0 Å². The Morgan fingerprint density at radius 1 is 1.50 bits per heavy atom. The van der Waals surface area contributed by atoms with Crippen LogP contribution in [0.4, 0.5) is 0 Å². The minimum atomic E-state index is -0.833. The van der Waals surface area contributed by atoms with Crippen LogP contribution in [0.15, 0.2) is 11.6 Å². The summed E-state index contributed by atoms with van der Waals surface area (Å²) < 4.78 is 0. The van der Waals surface area contributed by atoms with Gasteiger partial charge in [0.25, 0.3) is 5.97 Å². The van der Waals surface area contributed by atoms with Crippen molar-refractivity contribution in [2.75, 3.05) is 6.54 Å². The van der Waals surface area contributed by atoms with Crippen molar-refractivity contribution in [2.24, 2.45) is 11.5 Å². The van der Waals surface area contributed by atoms with Gasteiger partial charge in [0.15, 0.2) is 0 Å². The fourth-order valence-corrected chi connectivity index (χ4v) is 0.496. The molecule has 0 aliphatic rings. The van der Waals surface area contributed by atoms with Gasteiger partial charge in [0.1, 0.15) is 0 Å². The molecule has 1 atom stereocenters. The molecule has 0 amide bonds. The van der Waals surface area contributed by atoms with E-state index < -0.39 is 5.97 Å². The summed E-state index contributed by atoms with van der Waals surface area (Å²) in [5.41, 5.74) is 11.9. The number of hydrogen-bond acceptors (Lipinski definition) is 3. The lowest BCUT2D eigenvalue weighted by Crippen LogP contribution is -2.27. The predicted molar refractivity (Wildman–Crippen MR) is 49.8 cm³/mol. The summed E-state index contributed by atoms with van der Waals surface area (Å²) in [6, 6.07) is 0.0417. The zero-order valence-electron chi connectivity index (χ0n) is 7.87. The Balaban J connectivity index is 0. The molecule has 12 heavy (non-hydrogen) atoms. The molecule has 0 aromatic carbocycles. The summed E-state index contributed by atoms with van der Waals surface area (Å²) in [4.78, 5) is 9.00. The fraction of sp³-hybridized carbons (Fsp3) is 0.625. The number of carboxylic acids is 1. The first-order valence-corrected chi connectivity index (χ1v) is 3.70. The number of aliphatic carboxylic acids is 1.